The number of morpholine rings is 1. The molecule has 1 aromatic heterocycles. The number of nitrogens with one attached hydrogen (secondary N) is 2. The van der Waals surface area contributed by atoms with Gasteiger partial charge in [-0.2, -0.15) is 4.99 Å². The molecule has 7 nitrogen and oxygen atoms in total. The number of anilines is 2. The van der Waals surface area contributed by atoms with Crippen molar-refractivity contribution in [3.05, 3.63) is 46.8 Å². The molecule has 0 bridgehead atoms. The molecule has 1 aromatic carbocycles. The number of benzene rings is 1. The standard InChI is InChI=1S/C20H26N6OS/c1-13-5-6-17(11-14(13)2)23-20(28)25-19(26-7-9-27-10-8-26)24-18-21-15(3)12-16(4)22-18/h5-6,11-12H,7-10H2,1-4H3,(H2,21,22,23,24,25,28). The number of hydrogen-bond donors (Lipinski definition) is 2. The summed E-state index contributed by atoms with van der Waals surface area (Å²) in [7, 11) is 0. The van der Waals surface area contributed by atoms with Crippen LogP contribution in [0.25, 0.3) is 0 Å². The van der Waals surface area contributed by atoms with E-state index in [-0.39, 0.29) is 0 Å². The molecule has 0 atom stereocenters. The Balaban J connectivity index is 1.82. The van der Waals surface area contributed by atoms with Gasteiger partial charge in [-0.15, -0.1) is 0 Å². The highest BCUT2D eigenvalue weighted by Gasteiger charge is 2.17. The summed E-state index contributed by atoms with van der Waals surface area (Å²) < 4.78 is 5.46. The molecule has 28 heavy (non-hydrogen) atoms. The lowest BCUT2D eigenvalue weighted by molar-refractivity contribution is 0.0680. The third-order valence-corrected chi connectivity index (χ3v) is 4.68. The Hall–Kier alpha value is -2.58. The summed E-state index contributed by atoms with van der Waals surface area (Å²) in [5.74, 6) is 1.13. The van der Waals surface area contributed by atoms with Crippen LogP contribution in [0.3, 0.4) is 0 Å². The first-order chi connectivity index (χ1) is 13.4. The zero-order valence-corrected chi connectivity index (χ0v) is 17.6. The average molecular weight is 399 g/mol. The van der Waals surface area contributed by atoms with Gasteiger partial charge < -0.3 is 15.0 Å². The summed E-state index contributed by atoms with van der Waals surface area (Å²) in [4.78, 5) is 15.6. The van der Waals surface area contributed by atoms with Crippen molar-refractivity contribution >= 4 is 34.9 Å². The number of hydrogen-bond acceptors (Lipinski definition) is 4. The minimum Gasteiger partial charge on any atom is -0.378 e. The number of aromatic nitrogens is 2. The van der Waals surface area contributed by atoms with Crippen molar-refractivity contribution in [1.82, 2.24) is 14.9 Å². The van der Waals surface area contributed by atoms with Gasteiger partial charge in [-0.3, -0.25) is 5.32 Å². The molecule has 0 spiro atoms. The monoisotopic (exact) mass is 398 g/mol. The zero-order chi connectivity index (χ0) is 20.1. The smallest absolute Gasteiger partial charge is 0.229 e. The van der Waals surface area contributed by atoms with E-state index in [2.05, 4.69) is 56.5 Å². The van der Waals surface area contributed by atoms with E-state index in [1.54, 1.807) is 0 Å². The molecule has 2 heterocycles. The highest BCUT2D eigenvalue weighted by Crippen LogP contribution is 2.15. The topological polar surface area (TPSA) is 74.7 Å². The third kappa shape index (κ3) is 5.46. The summed E-state index contributed by atoms with van der Waals surface area (Å²) >= 11 is 5.49. The summed E-state index contributed by atoms with van der Waals surface area (Å²) in [5, 5.41) is 6.81. The van der Waals surface area contributed by atoms with Crippen molar-refractivity contribution in [2.75, 3.05) is 36.9 Å². The fraction of sp³-hybridized carbons (Fsp3) is 0.400. The molecule has 1 fully saturated rings. The second-order valence-corrected chi connectivity index (χ2v) is 7.25. The van der Waals surface area contributed by atoms with E-state index in [0.29, 0.717) is 30.2 Å². The van der Waals surface area contributed by atoms with Gasteiger partial charge in [-0.1, -0.05) is 6.07 Å². The number of aryl methyl sites for hydroxylation is 4. The number of nitrogens with zero attached hydrogens (tertiary/aromatic N) is 4. The average Bonchev–Trinajstić information content (AvgIpc) is 2.64. The van der Waals surface area contributed by atoms with Crippen LogP contribution < -0.4 is 10.6 Å². The minimum atomic E-state index is 0.376. The van der Waals surface area contributed by atoms with Crippen molar-refractivity contribution in [2.45, 2.75) is 27.7 Å². The van der Waals surface area contributed by atoms with Gasteiger partial charge in [0, 0.05) is 30.2 Å². The molecular weight excluding hydrogens is 372 g/mol. The SMILES string of the molecule is Cc1cc(C)nc(N/C(=N/C(=S)Nc2ccc(C)c(C)c2)N2CCOCC2)n1. The van der Waals surface area contributed by atoms with Gasteiger partial charge in [0.15, 0.2) is 0 Å². The van der Waals surface area contributed by atoms with Crippen LogP contribution in [0.5, 0.6) is 0 Å². The molecule has 0 radical (unpaired) electrons. The van der Waals surface area contributed by atoms with E-state index in [0.717, 1.165) is 30.2 Å². The second-order valence-electron chi connectivity index (χ2n) is 6.86. The van der Waals surface area contributed by atoms with Crippen LogP contribution >= 0.6 is 12.2 Å². The van der Waals surface area contributed by atoms with Crippen LogP contribution in [-0.2, 0) is 4.74 Å². The van der Waals surface area contributed by atoms with Crippen LogP contribution in [0.15, 0.2) is 29.3 Å². The Labute approximate surface area is 171 Å². The molecule has 2 aromatic rings. The summed E-state index contributed by atoms with van der Waals surface area (Å²) in [6.45, 7) is 10.8. The molecule has 1 saturated heterocycles. The highest BCUT2D eigenvalue weighted by molar-refractivity contribution is 7.80. The van der Waals surface area contributed by atoms with Crippen LogP contribution in [0, 0.1) is 27.7 Å². The van der Waals surface area contributed by atoms with Crippen molar-refractivity contribution in [3.63, 3.8) is 0 Å². The summed E-state index contributed by atoms with van der Waals surface area (Å²) in [6.07, 6.45) is 0. The van der Waals surface area contributed by atoms with Gasteiger partial charge in [0.25, 0.3) is 0 Å². The van der Waals surface area contributed by atoms with Crippen molar-refractivity contribution in [1.29, 1.82) is 0 Å². The first-order valence-corrected chi connectivity index (χ1v) is 9.70. The number of aliphatic imine (C=N–C) groups is 1. The van der Waals surface area contributed by atoms with E-state index in [1.165, 1.54) is 11.1 Å². The predicted molar refractivity (Wildman–Crippen MR) is 117 cm³/mol. The molecule has 0 saturated carbocycles. The molecule has 2 N–H and O–H groups in total. The van der Waals surface area contributed by atoms with E-state index in [1.807, 2.05) is 26.0 Å². The third-order valence-electron chi connectivity index (χ3n) is 4.48. The maximum absolute atomic E-state index is 5.49. The Morgan fingerprint density at radius 3 is 2.32 bits per heavy atom. The summed E-state index contributed by atoms with van der Waals surface area (Å²) in [6, 6.07) is 8.06. The Morgan fingerprint density at radius 2 is 1.68 bits per heavy atom. The fourth-order valence-electron chi connectivity index (χ4n) is 2.90. The minimum absolute atomic E-state index is 0.376. The molecule has 148 valence electrons. The lowest BCUT2D eigenvalue weighted by atomic mass is 10.1. The normalized spacial score (nSPS) is 14.7. The van der Waals surface area contributed by atoms with Crippen LogP contribution in [0.2, 0.25) is 0 Å². The fourth-order valence-corrected chi connectivity index (χ4v) is 3.11. The second kappa shape index (κ2) is 9.07. The number of guanidine groups is 1. The number of rotatable bonds is 2. The Morgan fingerprint density at radius 1 is 1.00 bits per heavy atom. The first-order valence-electron chi connectivity index (χ1n) is 9.29. The lowest BCUT2D eigenvalue weighted by Crippen LogP contribution is -2.45. The highest BCUT2D eigenvalue weighted by atomic mass is 32.1. The predicted octanol–water partition coefficient (Wildman–Crippen LogP) is 3.21. The van der Waals surface area contributed by atoms with Crippen LogP contribution in [0.4, 0.5) is 11.6 Å². The Bertz CT molecular complexity index is 872. The lowest BCUT2D eigenvalue weighted by Gasteiger charge is -2.29. The van der Waals surface area contributed by atoms with Gasteiger partial charge in [0.05, 0.1) is 13.2 Å². The Kier molecular flexibility index (Phi) is 6.53. The van der Waals surface area contributed by atoms with E-state index < -0.39 is 0 Å². The molecule has 1 aliphatic heterocycles. The number of thiocarbonyl (C=S) groups is 1. The van der Waals surface area contributed by atoms with Gasteiger partial charge in [0.2, 0.25) is 17.0 Å². The van der Waals surface area contributed by atoms with Crippen molar-refractivity contribution in [3.8, 4) is 0 Å². The molecule has 0 unspecified atom stereocenters. The van der Waals surface area contributed by atoms with Crippen molar-refractivity contribution in [2.24, 2.45) is 4.99 Å². The van der Waals surface area contributed by atoms with E-state index >= 15 is 0 Å². The van der Waals surface area contributed by atoms with Crippen LogP contribution in [-0.4, -0.2) is 52.2 Å². The molecule has 3 rings (SSSR count). The zero-order valence-electron chi connectivity index (χ0n) is 16.7. The maximum atomic E-state index is 5.49. The molecule has 0 amide bonds. The largest absolute Gasteiger partial charge is 0.378 e. The van der Waals surface area contributed by atoms with Crippen LogP contribution in [0.1, 0.15) is 22.5 Å². The molecule has 0 aliphatic carbocycles. The quantitative estimate of drug-likeness (QED) is 0.457. The maximum Gasteiger partial charge on any atom is 0.229 e. The van der Waals surface area contributed by atoms with Gasteiger partial charge in [0.1, 0.15) is 0 Å². The van der Waals surface area contributed by atoms with E-state index in [9.17, 15) is 0 Å². The van der Waals surface area contributed by atoms with Gasteiger partial charge in [-0.05, 0) is 69.2 Å². The van der Waals surface area contributed by atoms with E-state index in [4.69, 9.17) is 17.0 Å². The molecular formula is C20H26N6OS. The number of ether oxygens (including phenoxy) is 1. The molecule has 1 aliphatic rings. The summed E-state index contributed by atoms with van der Waals surface area (Å²) in [5.41, 5.74) is 5.15. The first kappa shape index (κ1) is 20.2. The van der Waals surface area contributed by atoms with Gasteiger partial charge in [-0.25, -0.2) is 9.97 Å². The van der Waals surface area contributed by atoms with Crippen molar-refractivity contribution < 1.29 is 4.74 Å². The van der Waals surface area contributed by atoms with Gasteiger partial charge >= 0.3 is 0 Å². The molecule has 8 heteroatoms.